The van der Waals surface area contributed by atoms with Gasteiger partial charge in [-0.3, -0.25) is 0 Å². The Labute approximate surface area is 127 Å². The van der Waals surface area contributed by atoms with Gasteiger partial charge >= 0.3 is 0 Å². The minimum atomic E-state index is 0.610. The Morgan fingerprint density at radius 2 is 2.30 bits per heavy atom. The lowest BCUT2D eigenvalue weighted by Gasteiger charge is -2.04. The van der Waals surface area contributed by atoms with Gasteiger partial charge in [-0.15, -0.1) is 5.10 Å². The van der Waals surface area contributed by atoms with Crippen molar-refractivity contribution in [2.24, 2.45) is 0 Å². The zero-order valence-electron chi connectivity index (χ0n) is 11.6. The maximum absolute atomic E-state index is 5.64. The average Bonchev–Trinajstić information content (AvgIpc) is 2.89. The molecule has 0 atom stereocenters. The fourth-order valence-electron chi connectivity index (χ4n) is 1.76. The lowest BCUT2D eigenvalue weighted by atomic mass is 10.2. The van der Waals surface area contributed by atoms with Crippen LogP contribution >= 0.6 is 15.9 Å². The van der Waals surface area contributed by atoms with Gasteiger partial charge in [-0.25, -0.2) is 4.68 Å². The van der Waals surface area contributed by atoms with E-state index in [0.29, 0.717) is 19.8 Å². The number of halogens is 1. The molecule has 6 heteroatoms. The van der Waals surface area contributed by atoms with Crippen molar-refractivity contribution in [1.82, 2.24) is 20.3 Å². The van der Waals surface area contributed by atoms with Crippen LogP contribution in [0.3, 0.4) is 0 Å². The van der Waals surface area contributed by atoms with E-state index >= 15 is 0 Å². The topological polar surface area (TPSA) is 52.0 Å². The van der Waals surface area contributed by atoms with E-state index in [4.69, 9.17) is 4.74 Å². The highest BCUT2D eigenvalue weighted by atomic mass is 79.9. The third-order valence-corrected chi connectivity index (χ3v) is 3.26. The van der Waals surface area contributed by atoms with Crippen molar-refractivity contribution in [3.8, 4) is 0 Å². The van der Waals surface area contributed by atoms with Gasteiger partial charge in [0.05, 0.1) is 25.5 Å². The molecule has 0 aliphatic rings. The molecule has 1 N–H and O–H groups in total. The van der Waals surface area contributed by atoms with Crippen LogP contribution in [0.1, 0.15) is 18.2 Å². The molecule has 5 nitrogen and oxygen atoms in total. The summed E-state index contributed by atoms with van der Waals surface area (Å²) >= 11 is 3.45. The zero-order valence-corrected chi connectivity index (χ0v) is 13.1. The van der Waals surface area contributed by atoms with Crippen molar-refractivity contribution in [2.75, 3.05) is 13.2 Å². The molecule has 0 saturated carbocycles. The Bertz CT molecular complexity index is 529. The van der Waals surface area contributed by atoms with Gasteiger partial charge in [0.15, 0.2) is 0 Å². The molecule has 0 bridgehead atoms. The Hall–Kier alpha value is -1.24. The van der Waals surface area contributed by atoms with E-state index in [1.807, 2.05) is 23.0 Å². The summed E-state index contributed by atoms with van der Waals surface area (Å²) in [6, 6.07) is 8.12. The van der Waals surface area contributed by atoms with Crippen LogP contribution in [-0.4, -0.2) is 28.1 Å². The molecule has 0 saturated heterocycles. The van der Waals surface area contributed by atoms with Crippen molar-refractivity contribution < 1.29 is 4.74 Å². The molecule has 2 aromatic rings. The van der Waals surface area contributed by atoms with Crippen LogP contribution in [0, 0.1) is 0 Å². The highest BCUT2D eigenvalue weighted by Crippen LogP contribution is 2.12. The second kappa shape index (κ2) is 8.14. The number of nitrogens with zero attached hydrogens (tertiary/aromatic N) is 3. The van der Waals surface area contributed by atoms with E-state index in [9.17, 15) is 0 Å². The van der Waals surface area contributed by atoms with Gasteiger partial charge in [-0.2, -0.15) is 0 Å². The standard InChI is InChI=1S/C14H19BrN4O/c1-2-16-9-14-10-19(18-17-14)6-7-20-11-12-4-3-5-13(15)8-12/h3-5,8,10,16H,2,6-7,9,11H2,1H3. The summed E-state index contributed by atoms with van der Waals surface area (Å²) in [4.78, 5) is 0. The number of nitrogens with one attached hydrogen (secondary N) is 1. The molecule has 1 heterocycles. The summed E-state index contributed by atoms with van der Waals surface area (Å²) in [5.41, 5.74) is 2.12. The predicted octanol–water partition coefficient (Wildman–Crippen LogP) is 2.37. The van der Waals surface area contributed by atoms with Crippen molar-refractivity contribution in [3.63, 3.8) is 0 Å². The first-order valence-electron chi connectivity index (χ1n) is 6.70. The molecule has 20 heavy (non-hydrogen) atoms. The van der Waals surface area contributed by atoms with E-state index in [1.165, 1.54) is 0 Å². The van der Waals surface area contributed by atoms with E-state index in [2.05, 4.69) is 50.6 Å². The predicted molar refractivity (Wildman–Crippen MR) is 81.2 cm³/mol. The lowest BCUT2D eigenvalue weighted by Crippen LogP contribution is -2.11. The second-order valence-electron chi connectivity index (χ2n) is 4.44. The van der Waals surface area contributed by atoms with Crippen LogP contribution in [0.15, 0.2) is 34.9 Å². The molecule has 1 aromatic carbocycles. The van der Waals surface area contributed by atoms with Crippen LogP contribution in [0.5, 0.6) is 0 Å². The van der Waals surface area contributed by atoms with Gasteiger partial charge in [0.2, 0.25) is 0 Å². The molecule has 108 valence electrons. The number of aromatic nitrogens is 3. The number of hydrogen-bond acceptors (Lipinski definition) is 4. The summed E-state index contributed by atoms with van der Waals surface area (Å²) in [6.07, 6.45) is 1.95. The van der Waals surface area contributed by atoms with Crippen molar-refractivity contribution in [3.05, 3.63) is 46.2 Å². The van der Waals surface area contributed by atoms with E-state index in [1.54, 1.807) is 0 Å². The van der Waals surface area contributed by atoms with Gasteiger partial charge in [0, 0.05) is 17.2 Å². The van der Waals surface area contributed by atoms with Crippen LogP contribution in [0.2, 0.25) is 0 Å². The van der Waals surface area contributed by atoms with Crippen LogP contribution in [-0.2, 0) is 24.4 Å². The third kappa shape index (κ3) is 5.03. The van der Waals surface area contributed by atoms with Gasteiger partial charge in [0.1, 0.15) is 0 Å². The van der Waals surface area contributed by atoms with Gasteiger partial charge in [-0.1, -0.05) is 40.2 Å². The minimum Gasteiger partial charge on any atom is -0.375 e. The Balaban J connectivity index is 1.69. The normalized spacial score (nSPS) is 10.9. The number of hydrogen-bond donors (Lipinski definition) is 1. The first-order chi connectivity index (χ1) is 9.78. The van der Waals surface area contributed by atoms with Crippen LogP contribution < -0.4 is 5.32 Å². The number of rotatable bonds is 8. The van der Waals surface area contributed by atoms with Crippen LogP contribution in [0.4, 0.5) is 0 Å². The SMILES string of the molecule is CCNCc1cn(CCOCc2cccc(Br)c2)nn1. The Kier molecular flexibility index (Phi) is 6.17. The van der Waals surface area contributed by atoms with E-state index in [0.717, 1.165) is 28.8 Å². The smallest absolute Gasteiger partial charge is 0.0964 e. The van der Waals surface area contributed by atoms with Crippen molar-refractivity contribution >= 4 is 15.9 Å². The summed E-state index contributed by atoms with van der Waals surface area (Å²) in [6.45, 7) is 5.71. The average molecular weight is 339 g/mol. The second-order valence-corrected chi connectivity index (χ2v) is 5.35. The molecule has 0 amide bonds. The molecule has 0 fully saturated rings. The molecular weight excluding hydrogens is 320 g/mol. The Morgan fingerprint density at radius 1 is 1.40 bits per heavy atom. The fourth-order valence-corrected chi connectivity index (χ4v) is 2.20. The largest absolute Gasteiger partial charge is 0.375 e. The summed E-state index contributed by atoms with van der Waals surface area (Å²) < 4.78 is 8.53. The van der Waals surface area contributed by atoms with Gasteiger partial charge in [-0.05, 0) is 24.2 Å². The van der Waals surface area contributed by atoms with Gasteiger partial charge in [0.25, 0.3) is 0 Å². The molecule has 0 spiro atoms. The van der Waals surface area contributed by atoms with Crippen molar-refractivity contribution in [1.29, 1.82) is 0 Å². The Morgan fingerprint density at radius 3 is 3.10 bits per heavy atom. The highest BCUT2D eigenvalue weighted by Gasteiger charge is 2.00. The molecule has 0 aliphatic heterocycles. The maximum atomic E-state index is 5.64. The lowest BCUT2D eigenvalue weighted by molar-refractivity contribution is 0.110. The monoisotopic (exact) mass is 338 g/mol. The zero-order chi connectivity index (χ0) is 14.2. The minimum absolute atomic E-state index is 0.610. The molecule has 2 rings (SSSR count). The number of ether oxygens (including phenoxy) is 1. The maximum Gasteiger partial charge on any atom is 0.0964 e. The fraction of sp³-hybridized carbons (Fsp3) is 0.429. The molecule has 0 radical (unpaired) electrons. The molecule has 1 aromatic heterocycles. The van der Waals surface area contributed by atoms with Crippen molar-refractivity contribution in [2.45, 2.75) is 26.6 Å². The first kappa shape index (κ1) is 15.2. The molecular formula is C14H19BrN4O. The first-order valence-corrected chi connectivity index (χ1v) is 7.49. The highest BCUT2D eigenvalue weighted by molar-refractivity contribution is 9.10. The van der Waals surface area contributed by atoms with Crippen LogP contribution in [0.25, 0.3) is 0 Å². The summed E-state index contributed by atoms with van der Waals surface area (Å²) in [5.74, 6) is 0. The molecule has 0 aliphatic carbocycles. The quantitative estimate of drug-likeness (QED) is 0.751. The van der Waals surface area contributed by atoms with E-state index in [-0.39, 0.29) is 0 Å². The summed E-state index contributed by atoms with van der Waals surface area (Å²) in [5, 5.41) is 11.4. The third-order valence-electron chi connectivity index (χ3n) is 2.76. The molecule has 0 unspecified atom stereocenters. The summed E-state index contributed by atoms with van der Waals surface area (Å²) in [7, 11) is 0. The van der Waals surface area contributed by atoms with E-state index < -0.39 is 0 Å². The van der Waals surface area contributed by atoms with Gasteiger partial charge < -0.3 is 10.1 Å². The number of benzene rings is 1.